The molecular weight excluding hydrogens is 406 g/mol. The van der Waals surface area contributed by atoms with Crippen LogP contribution >= 0.6 is 0 Å². The summed E-state index contributed by atoms with van der Waals surface area (Å²) in [5.41, 5.74) is 1.19. The first-order chi connectivity index (χ1) is 14.5. The summed E-state index contributed by atoms with van der Waals surface area (Å²) >= 11 is 0. The van der Waals surface area contributed by atoms with Gasteiger partial charge in [0.25, 0.3) is 0 Å². The number of unbranched alkanes of at least 4 members (excludes halogenated alkanes) is 2. The van der Waals surface area contributed by atoms with Gasteiger partial charge in [0.15, 0.2) is 0 Å². The highest BCUT2D eigenvalue weighted by Gasteiger charge is 2.27. The van der Waals surface area contributed by atoms with E-state index in [1.165, 1.54) is 4.31 Å². The van der Waals surface area contributed by atoms with Crippen LogP contribution in [0.15, 0.2) is 23.1 Å². The molecule has 0 aromatic heterocycles. The van der Waals surface area contributed by atoms with Crippen molar-refractivity contribution in [3.8, 4) is 0 Å². The van der Waals surface area contributed by atoms with Gasteiger partial charge in [-0.15, -0.1) is 0 Å². The molecule has 1 aromatic rings. The smallest absolute Gasteiger partial charge is 0.243 e. The fourth-order valence-corrected chi connectivity index (χ4v) is 5.09. The van der Waals surface area contributed by atoms with Gasteiger partial charge in [0.1, 0.15) is 0 Å². The topological polar surface area (TPSA) is 97.0 Å². The second-order valence-electron chi connectivity index (χ2n) is 7.75. The molecule has 8 nitrogen and oxygen atoms in total. The Morgan fingerprint density at radius 1 is 1.17 bits per heavy atom. The lowest BCUT2D eigenvalue weighted by atomic mass is 10.2. The van der Waals surface area contributed by atoms with E-state index in [9.17, 15) is 13.2 Å². The van der Waals surface area contributed by atoms with Crippen LogP contribution in [-0.4, -0.2) is 64.2 Å². The van der Waals surface area contributed by atoms with Crippen LogP contribution in [-0.2, 0) is 24.3 Å². The number of benzene rings is 1. The van der Waals surface area contributed by atoms with E-state index >= 15 is 0 Å². The van der Waals surface area contributed by atoms with E-state index in [2.05, 4.69) is 17.6 Å². The molecule has 2 N–H and O–H groups in total. The van der Waals surface area contributed by atoms with E-state index in [4.69, 9.17) is 9.47 Å². The molecule has 1 unspecified atom stereocenters. The molecule has 0 radical (unpaired) electrons. The lowest BCUT2D eigenvalue weighted by Crippen LogP contribution is -2.40. The van der Waals surface area contributed by atoms with Crippen LogP contribution in [0.3, 0.4) is 0 Å². The number of sulfonamides is 1. The Hall–Kier alpha value is -1.68. The van der Waals surface area contributed by atoms with Crippen molar-refractivity contribution in [2.45, 2.75) is 56.4 Å². The Bertz CT molecular complexity index is 803. The lowest BCUT2D eigenvalue weighted by molar-refractivity contribution is -0.116. The molecule has 2 heterocycles. The summed E-state index contributed by atoms with van der Waals surface area (Å²) in [6.45, 7) is 4.92. The zero-order chi connectivity index (χ0) is 21.4. The highest BCUT2D eigenvalue weighted by atomic mass is 32.2. The summed E-state index contributed by atoms with van der Waals surface area (Å²) in [6, 6.07) is 4.87. The fraction of sp³-hybridized carbons (Fsp3) is 0.667. The van der Waals surface area contributed by atoms with Gasteiger partial charge in [-0.2, -0.15) is 4.31 Å². The van der Waals surface area contributed by atoms with Crippen molar-refractivity contribution in [2.75, 3.05) is 50.1 Å². The van der Waals surface area contributed by atoms with Crippen molar-refractivity contribution in [1.29, 1.82) is 0 Å². The number of carbonyl (C=O) groups is 1. The number of nitrogens with zero attached hydrogens (tertiary/aromatic N) is 1. The van der Waals surface area contributed by atoms with Crippen molar-refractivity contribution >= 4 is 27.3 Å². The van der Waals surface area contributed by atoms with Gasteiger partial charge in [-0.25, -0.2) is 8.42 Å². The first-order valence-electron chi connectivity index (χ1n) is 10.9. The molecule has 1 atom stereocenters. The maximum atomic E-state index is 13.0. The van der Waals surface area contributed by atoms with E-state index in [-0.39, 0.29) is 16.9 Å². The summed E-state index contributed by atoms with van der Waals surface area (Å²) < 4.78 is 38.4. The van der Waals surface area contributed by atoms with Gasteiger partial charge in [0.05, 0.1) is 35.6 Å². The average Bonchev–Trinajstić information content (AvgIpc) is 3.27. The molecule has 2 aliphatic heterocycles. The molecule has 2 fully saturated rings. The number of morpholine rings is 1. The Labute approximate surface area is 179 Å². The van der Waals surface area contributed by atoms with E-state index in [0.717, 1.165) is 38.7 Å². The van der Waals surface area contributed by atoms with Gasteiger partial charge in [0, 0.05) is 32.7 Å². The van der Waals surface area contributed by atoms with Crippen LogP contribution < -0.4 is 10.6 Å². The zero-order valence-electron chi connectivity index (χ0n) is 17.7. The number of hydrogen-bond acceptors (Lipinski definition) is 6. The first kappa shape index (κ1) is 23.0. The summed E-state index contributed by atoms with van der Waals surface area (Å²) in [5, 5.41) is 6.23. The van der Waals surface area contributed by atoms with Gasteiger partial charge < -0.3 is 20.1 Å². The quantitative estimate of drug-likeness (QED) is 0.544. The third-order valence-electron chi connectivity index (χ3n) is 5.42. The number of amides is 1. The Balaban J connectivity index is 1.78. The number of rotatable bonds is 10. The van der Waals surface area contributed by atoms with Gasteiger partial charge in [-0.1, -0.05) is 19.8 Å². The molecule has 30 heavy (non-hydrogen) atoms. The van der Waals surface area contributed by atoms with Gasteiger partial charge >= 0.3 is 0 Å². The molecule has 1 amide bonds. The molecule has 2 saturated heterocycles. The predicted molar refractivity (Wildman–Crippen MR) is 116 cm³/mol. The molecule has 168 valence electrons. The summed E-state index contributed by atoms with van der Waals surface area (Å²) in [7, 11) is -3.64. The normalized spacial score (nSPS) is 20.2. The number of ether oxygens (including phenoxy) is 2. The van der Waals surface area contributed by atoms with Crippen LogP contribution in [0.5, 0.6) is 0 Å². The fourth-order valence-electron chi connectivity index (χ4n) is 3.65. The minimum atomic E-state index is -3.64. The Kier molecular flexibility index (Phi) is 8.50. The van der Waals surface area contributed by atoms with Crippen LogP contribution in [0, 0.1) is 0 Å². The summed E-state index contributed by atoms with van der Waals surface area (Å²) in [4.78, 5) is 12.6. The number of anilines is 2. The Morgan fingerprint density at radius 2 is 1.97 bits per heavy atom. The number of carbonyl (C=O) groups excluding carboxylic acids is 1. The lowest BCUT2D eigenvalue weighted by Gasteiger charge is -2.26. The molecule has 3 rings (SSSR count). The van der Waals surface area contributed by atoms with Crippen LogP contribution in [0.2, 0.25) is 0 Å². The number of hydrogen-bond donors (Lipinski definition) is 2. The van der Waals surface area contributed by atoms with Crippen molar-refractivity contribution in [3.63, 3.8) is 0 Å². The maximum Gasteiger partial charge on any atom is 0.243 e. The minimum Gasteiger partial charge on any atom is -0.381 e. The standard InChI is InChI=1S/C21H33N3O5S/c1-2-3-4-7-21(25)23-20-15-18(30(26,27)24-10-13-28-14-11-24)8-9-19(20)22-16-17-6-5-12-29-17/h8-9,15,17,22H,2-7,10-14,16H2,1H3,(H,23,25). The van der Waals surface area contributed by atoms with E-state index in [0.29, 0.717) is 50.6 Å². The van der Waals surface area contributed by atoms with Crippen molar-refractivity contribution < 1.29 is 22.7 Å². The average molecular weight is 440 g/mol. The molecular formula is C21H33N3O5S. The van der Waals surface area contributed by atoms with Gasteiger partial charge in [0.2, 0.25) is 15.9 Å². The first-order valence-corrected chi connectivity index (χ1v) is 12.3. The number of nitrogens with one attached hydrogen (secondary N) is 2. The summed E-state index contributed by atoms with van der Waals surface area (Å²) in [6.07, 6.45) is 5.43. The van der Waals surface area contributed by atoms with E-state index in [1.807, 2.05) is 0 Å². The maximum absolute atomic E-state index is 13.0. The van der Waals surface area contributed by atoms with Crippen LogP contribution in [0.25, 0.3) is 0 Å². The van der Waals surface area contributed by atoms with Crippen LogP contribution in [0.4, 0.5) is 11.4 Å². The van der Waals surface area contributed by atoms with Crippen molar-refractivity contribution in [1.82, 2.24) is 4.31 Å². The minimum absolute atomic E-state index is 0.107. The monoisotopic (exact) mass is 439 g/mol. The van der Waals surface area contributed by atoms with Crippen LogP contribution in [0.1, 0.15) is 45.4 Å². The summed E-state index contributed by atoms with van der Waals surface area (Å²) in [5.74, 6) is -0.107. The molecule has 0 saturated carbocycles. The third-order valence-corrected chi connectivity index (χ3v) is 7.32. The molecule has 9 heteroatoms. The molecule has 1 aromatic carbocycles. The second-order valence-corrected chi connectivity index (χ2v) is 9.68. The second kappa shape index (κ2) is 11.1. The largest absolute Gasteiger partial charge is 0.381 e. The van der Waals surface area contributed by atoms with Gasteiger partial charge in [-0.3, -0.25) is 4.79 Å². The Morgan fingerprint density at radius 3 is 2.67 bits per heavy atom. The molecule has 0 spiro atoms. The predicted octanol–water partition coefficient (Wildman–Crippen LogP) is 2.82. The highest BCUT2D eigenvalue weighted by Crippen LogP contribution is 2.28. The van der Waals surface area contributed by atoms with Crippen molar-refractivity contribution in [2.24, 2.45) is 0 Å². The molecule has 0 aliphatic carbocycles. The third kappa shape index (κ3) is 6.16. The van der Waals surface area contributed by atoms with Gasteiger partial charge in [-0.05, 0) is 37.5 Å². The van der Waals surface area contributed by atoms with Crippen molar-refractivity contribution in [3.05, 3.63) is 18.2 Å². The highest BCUT2D eigenvalue weighted by molar-refractivity contribution is 7.89. The SMILES string of the molecule is CCCCCC(=O)Nc1cc(S(=O)(=O)N2CCOCC2)ccc1NCC1CCCO1. The zero-order valence-corrected chi connectivity index (χ0v) is 18.5. The molecule has 0 bridgehead atoms. The molecule has 2 aliphatic rings. The van der Waals surface area contributed by atoms with E-state index in [1.54, 1.807) is 18.2 Å². The van der Waals surface area contributed by atoms with E-state index < -0.39 is 10.0 Å².